The predicted octanol–water partition coefficient (Wildman–Crippen LogP) is 1.65. The second kappa shape index (κ2) is 6.88. The van der Waals surface area contributed by atoms with Crippen LogP contribution in [0.5, 0.6) is 0 Å². The number of nitrogens with zero attached hydrogens (tertiary/aromatic N) is 1. The molecule has 0 bridgehead atoms. The number of aliphatic carboxylic acids is 1. The van der Waals surface area contributed by atoms with Gasteiger partial charge in [0.15, 0.2) is 0 Å². The Kier molecular flexibility index (Phi) is 5.49. The molecule has 0 aromatic carbocycles. The van der Waals surface area contributed by atoms with Crippen LogP contribution in [0.15, 0.2) is 12.1 Å². The minimum Gasteiger partial charge on any atom is -0.481 e. The van der Waals surface area contributed by atoms with Crippen LogP contribution in [0.3, 0.4) is 0 Å². The van der Waals surface area contributed by atoms with Crippen LogP contribution in [-0.2, 0) is 4.79 Å². The Balaban J connectivity index is 2.77. The van der Waals surface area contributed by atoms with Crippen molar-refractivity contribution in [1.82, 2.24) is 4.98 Å². The summed E-state index contributed by atoms with van der Waals surface area (Å²) in [7, 11) is 0. The summed E-state index contributed by atoms with van der Waals surface area (Å²) >= 11 is 0. The maximum atomic E-state index is 11.2. The van der Waals surface area contributed by atoms with Gasteiger partial charge in [-0.05, 0) is 31.4 Å². The van der Waals surface area contributed by atoms with Gasteiger partial charge in [-0.15, -0.1) is 0 Å². The number of carboxylic acid groups (broad SMARTS) is 1. The van der Waals surface area contributed by atoms with Gasteiger partial charge < -0.3 is 16.2 Å². The molecule has 20 heavy (non-hydrogen) atoms. The smallest absolute Gasteiger partial charge is 0.308 e. The van der Waals surface area contributed by atoms with Crippen LogP contribution >= 0.6 is 0 Å². The number of pyridine rings is 1. The van der Waals surface area contributed by atoms with Gasteiger partial charge in [0.25, 0.3) is 0 Å². The Bertz CT molecular complexity index is 500. The second-order valence-corrected chi connectivity index (χ2v) is 5.29. The number of nitrogens with two attached hydrogens (primary N) is 1. The summed E-state index contributed by atoms with van der Waals surface area (Å²) in [5.41, 5.74) is 6.24. The zero-order chi connectivity index (χ0) is 15.3. The third-order valence-electron chi connectivity index (χ3n) is 2.87. The van der Waals surface area contributed by atoms with E-state index in [2.05, 4.69) is 10.3 Å². The average Bonchev–Trinajstić information content (AvgIpc) is 2.33. The fourth-order valence-electron chi connectivity index (χ4n) is 1.97. The molecule has 0 fully saturated rings. The maximum Gasteiger partial charge on any atom is 0.308 e. The van der Waals surface area contributed by atoms with Crippen molar-refractivity contribution in [1.29, 1.82) is 0 Å². The van der Waals surface area contributed by atoms with Gasteiger partial charge in [-0.3, -0.25) is 9.59 Å². The van der Waals surface area contributed by atoms with Crippen molar-refractivity contribution >= 4 is 17.7 Å². The van der Waals surface area contributed by atoms with Crippen LogP contribution in [0.1, 0.15) is 36.3 Å². The molecule has 1 aromatic heterocycles. The zero-order valence-electron chi connectivity index (χ0n) is 12.0. The SMILES string of the molecule is Cc1cc(C(N)=O)cc(NCC(CC(C)C)C(=O)O)n1. The normalized spacial score (nSPS) is 12.2. The summed E-state index contributed by atoms with van der Waals surface area (Å²) in [6, 6.07) is 3.12. The Morgan fingerprint density at radius 2 is 2.05 bits per heavy atom. The Morgan fingerprint density at radius 1 is 1.40 bits per heavy atom. The first-order valence-corrected chi connectivity index (χ1v) is 6.54. The lowest BCUT2D eigenvalue weighted by atomic mass is 9.97. The highest BCUT2D eigenvalue weighted by atomic mass is 16.4. The van der Waals surface area contributed by atoms with Crippen molar-refractivity contribution in [2.45, 2.75) is 27.2 Å². The van der Waals surface area contributed by atoms with E-state index in [1.807, 2.05) is 13.8 Å². The molecule has 1 atom stereocenters. The first-order chi connectivity index (χ1) is 9.29. The van der Waals surface area contributed by atoms with Gasteiger partial charge in [0.1, 0.15) is 5.82 Å². The van der Waals surface area contributed by atoms with E-state index in [-0.39, 0.29) is 6.54 Å². The number of nitrogens with one attached hydrogen (secondary N) is 1. The summed E-state index contributed by atoms with van der Waals surface area (Å²) < 4.78 is 0. The standard InChI is InChI=1S/C14H21N3O3/c1-8(2)4-11(14(19)20)7-16-12-6-10(13(15)18)5-9(3)17-12/h5-6,8,11H,4,7H2,1-3H3,(H2,15,18)(H,16,17)(H,19,20). The fourth-order valence-corrected chi connectivity index (χ4v) is 1.97. The van der Waals surface area contributed by atoms with E-state index >= 15 is 0 Å². The lowest BCUT2D eigenvalue weighted by Gasteiger charge is -2.16. The number of amides is 1. The van der Waals surface area contributed by atoms with E-state index in [1.165, 1.54) is 6.07 Å². The molecular formula is C14H21N3O3. The maximum absolute atomic E-state index is 11.2. The highest BCUT2D eigenvalue weighted by Crippen LogP contribution is 2.15. The van der Waals surface area contributed by atoms with Crippen LogP contribution in [0, 0.1) is 18.8 Å². The predicted molar refractivity (Wildman–Crippen MR) is 76.6 cm³/mol. The lowest BCUT2D eigenvalue weighted by Crippen LogP contribution is -2.25. The van der Waals surface area contributed by atoms with Crippen LogP contribution in [0.2, 0.25) is 0 Å². The molecule has 0 spiro atoms. The number of anilines is 1. The largest absolute Gasteiger partial charge is 0.481 e. The number of carboxylic acids is 1. The van der Waals surface area contributed by atoms with Crippen molar-refractivity contribution in [3.8, 4) is 0 Å². The quantitative estimate of drug-likeness (QED) is 0.703. The van der Waals surface area contributed by atoms with Crippen LogP contribution < -0.4 is 11.1 Å². The van der Waals surface area contributed by atoms with Gasteiger partial charge in [0.05, 0.1) is 5.92 Å². The Hall–Kier alpha value is -2.11. The van der Waals surface area contributed by atoms with Gasteiger partial charge in [-0.25, -0.2) is 4.98 Å². The van der Waals surface area contributed by atoms with Crippen molar-refractivity contribution < 1.29 is 14.7 Å². The Morgan fingerprint density at radius 3 is 2.55 bits per heavy atom. The Labute approximate surface area is 118 Å². The third kappa shape index (κ3) is 4.87. The van der Waals surface area contributed by atoms with E-state index in [0.29, 0.717) is 29.4 Å². The van der Waals surface area contributed by atoms with Crippen molar-refractivity contribution in [3.63, 3.8) is 0 Å². The molecule has 0 saturated carbocycles. The minimum absolute atomic E-state index is 0.266. The number of aromatic nitrogens is 1. The molecular weight excluding hydrogens is 258 g/mol. The summed E-state index contributed by atoms with van der Waals surface area (Å²) in [6.07, 6.45) is 0.580. The van der Waals surface area contributed by atoms with E-state index in [9.17, 15) is 9.59 Å². The van der Waals surface area contributed by atoms with Gasteiger partial charge in [-0.2, -0.15) is 0 Å². The number of carbonyl (C=O) groups is 2. The van der Waals surface area contributed by atoms with E-state index in [0.717, 1.165) is 0 Å². The molecule has 0 aliphatic carbocycles. The summed E-state index contributed by atoms with van der Waals surface area (Å²) in [5.74, 6) is -1.10. The summed E-state index contributed by atoms with van der Waals surface area (Å²) in [4.78, 5) is 26.5. The van der Waals surface area contributed by atoms with Crippen LogP contribution in [0.4, 0.5) is 5.82 Å². The van der Waals surface area contributed by atoms with Crippen molar-refractivity contribution in [3.05, 3.63) is 23.4 Å². The van der Waals surface area contributed by atoms with Crippen molar-refractivity contribution in [2.24, 2.45) is 17.6 Å². The molecule has 1 aromatic rings. The van der Waals surface area contributed by atoms with Gasteiger partial charge in [0.2, 0.25) is 5.91 Å². The molecule has 0 aliphatic heterocycles. The molecule has 6 nitrogen and oxygen atoms in total. The molecule has 1 amide bonds. The third-order valence-corrected chi connectivity index (χ3v) is 2.87. The van der Waals surface area contributed by atoms with E-state index in [1.54, 1.807) is 13.0 Å². The zero-order valence-corrected chi connectivity index (χ0v) is 12.0. The number of aryl methyl sites for hydroxylation is 1. The lowest BCUT2D eigenvalue weighted by molar-refractivity contribution is -0.141. The molecule has 1 unspecified atom stereocenters. The number of primary amides is 1. The topological polar surface area (TPSA) is 105 Å². The van der Waals surface area contributed by atoms with Crippen LogP contribution in [0.25, 0.3) is 0 Å². The molecule has 0 radical (unpaired) electrons. The van der Waals surface area contributed by atoms with Gasteiger partial charge in [-0.1, -0.05) is 13.8 Å². The van der Waals surface area contributed by atoms with E-state index < -0.39 is 17.8 Å². The van der Waals surface area contributed by atoms with Crippen LogP contribution in [-0.4, -0.2) is 28.5 Å². The number of rotatable bonds is 7. The second-order valence-electron chi connectivity index (χ2n) is 5.29. The molecule has 110 valence electrons. The minimum atomic E-state index is -0.839. The monoisotopic (exact) mass is 279 g/mol. The molecule has 0 aliphatic rings. The first-order valence-electron chi connectivity index (χ1n) is 6.54. The molecule has 4 N–H and O–H groups in total. The van der Waals surface area contributed by atoms with Gasteiger partial charge in [0, 0.05) is 17.8 Å². The molecule has 6 heteroatoms. The fraction of sp³-hybridized carbons (Fsp3) is 0.500. The number of carbonyl (C=O) groups excluding carboxylic acids is 1. The number of hydrogen-bond donors (Lipinski definition) is 3. The summed E-state index contributed by atoms with van der Waals surface area (Å²) in [6.45, 7) is 5.97. The van der Waals surface area contributed by atoms with Crippen molar-refractivity contribution in [2.75, 3.05) is 11.9 Å². The molecule has 0 saturated heterocycles. The molecule has 1 rings (SSSR count). The highest BCUT2D eigenvalue weighted by Gasteiger charge is 2.19. The van der Waals surface area contributed by atoms with Gasteiger partial charge >= 0.3 is 5.97 Å². The van der Waals surface area contributed by atoms with E-state index in [4.69, 9.17) is 10.8 Å². The number of hydrogen-bond acceptors (Lipinski definition) is 4. The summed E-state index contributed by atoms with van der Waals surface area (Å²) in [5, 5.41) is 12.1. The highest BCUT2D eigenvalue weighted by molar-refractivity contribution is 5.93. The molecule has 1 heterocycles. The average molecular weight is 279 g/mol. The first kappa shape index (κ1) is 15.9.